The van der Waals surface area contributed by atoms with Gasteiger partial charge in [0.2, 0.25) is 5.91 Å². The van der Waals surface area contributed by atoms with E-state index in [0.717, 1.165) is 22.4 Å². The van der Waals surface area contributed by atoms with Crippen LogP contribution in [0.1, 0.15) is 16.7 Å². The maximum atomic E-state index is 11.9. The van der Waals surface area contributed by atoms with Gasteiger partial charge in [-0.3, -0.25) is 10.1 Å². The fourth-order valence-corrected chi connectivity index (χ4v) is 2.36. The number of anilines is 1. The molecule has 2 rings (SSSR count). The van der Waals surface area contributed by atoms with E-state index in [2.05, 4.69) is 10.6 Å². The Bertz CT molecular complexity index is 771. The second kappa shape index (κ2) is 7.90. The van der Waals surface area contributed by atoms with Crippen LogP contribution in [0.15, 0.2) is 48.5 Å². The van der Waals surface area contributed by atoms with Crippen LogP contribution in [-0.4, -0.2) is 11.0 Å². The molecule has 3 nitrogen and oxygen atoms in total. The third kappa shape index (κ3) is 5.20. The average molecular weight is 345 g/mol. The van der Waals surface area contributed by atoms with Crippen LogP contribution in [-0.2, 0) is 4.79 Å². The first-order valence-electron chi connectivity index (χ1n) is 7.07. The van der Waals surface area contributed by atoms with Gasteiger partial charge < -0.3 is 5.32 Å². The highest BCUT2D eigenvalue weighted by atomic mass is 35.5. The maximum absolute atomic E-state index is 11.9. The van der Waals surface area contributed by atoms with E-state index in [-0.39, 0.29) is 11.0 Å². The van der Waals surface area contributed by atoms with E-state index in [4.69, 9.17) is 23.8 Å². The lowest BCUT2D eigenvalue weighted by Crippen LogP contribution is -2.33. The third-order valence-corrected chi connectivity index (χ3v) is 3.75. The van der Waals surface area contributed by atoms with Gasteiger partial charge in [0.05, 0.1) is 0 Å². The summed E-state index contributed by atoms with van der Waals surface area (Å²) in [6.07, 6.45) is 3.05. The van der Waals surface area contributed by atoms with Gasteiger partial charge in [-0.15, -0.1) is 0 Å². The van der Waals surface area contributed by atoms with E-state index in [1.54, 1.807) is 12.1 Å². The van der Waals surface area contributed by atoms with Gasteiger partial charge in [0, 0.05) is 16.8 Å². The molecule has 0 unspecified atom stereocenters. The first-order chi connectivity index (χ1) is 11.0. The molecule has 0 aliphatic carbocycles. The van der Waals surface area contributed by atoms with E-state index in [1.165, 1.54) is 6.08 Å². The van der Waals surface area contributed by atoms with Crippen molar-refractivity contribution in [3.63, 3.8) is 0 Å². The van der Waals surface area contributed by atoms with Crippen LogP contribution in [0.3, 0.4) is 0 Å². The van der Waals surface area contributed by atoms with Crippen molar-refractivity contribution in [3.8, 4) is 0 Å². The SMILES string of the molecule is Cc1ccc(C)c(NC(=S)NC(=O)C=Cc2ccccc2Cl)c1. The average Bonchev–Trinajstić information content (AvgIpc) is 2.50. The fourth-order valence-electron chi connectivity index (χ4n) is 1.95. The predicted octanol–water partition coefficient (Wildman–Crippen LogP) is 4.48. The minimum Gasteiger partial charge on any atom is -0.332 e. The standard InChI is InChI=1S/C18H17ClN2OS/c1-12-7-8-13(2)16(11-12)20-18(23)21-17(22)10-9-14-5-3-4-6-15(14)19/h3-11H,1-2H3,(H2,20,21,22,23). The second-order valence-electron chi connectivity index (χ2n) is 5.12. The molecule has 118 valence electrons. The maximum Gasteiger partial charge on any atom is 0.250 e. The lowest BCUT2D eigenvalue weighted by Gasteiger charge is -2.11. The van der Waals surface area contributed by atoms with Crippen LogP contribution >= 0.6 is 23.8 Å². The molecule has 0 fully saturated rings. The zero-order chi connectivity index (χ0) is 16.8. The predicted molar refractivity (Wildman–Crippen MR) is 101 cm³/mol. The van der Waals surface area contributed by atoms with Gasteiger partial charge in [-0.05, 0) is 61.0 Å². The van der Waals surface area contributed by atoms with Crippen molar-refractivity contribution in [1.82, 2.24) is 5.32 Å². The van der Waals surface area contributed by atoms with E-state index in [9.17, 15) is 4.79 Å². The second-order valence-corrected chi connectivity index (χ2v) is 5.93. The third-order valence-electron chi connectivity index (χ3n) is 3.20. The smallest absolute Gasteiger partial charge is 0.250 e. The van der Waals surface area contributed by atoms with Crippen LogP contribution in [0.25, 0.3) is 6.08 Å². The summed E-state index contributed by atoms with van der Waals surface area (Å²) in [7, 11) is 0. The Morgan fingerprint density at radius 2 is 1.91 bits per heavy atom. The Hall–Kier alpha value is -2.17. The molecule has 0 aromatic heterocycles. The van der Waals surface area contributed by atoms with Crippen molar-refractivity contribution in [2.45, 2.75) is 13.8 Å². The van der Waals surface area contributed by atoms with Gasteiger partial charge in [0.15, 0.2) is 5.11 Å². The first kappa shape index (κ1) is 17.2. The zero-order valence-corrected chi connectivity index (χ0v) is 14.5. The fraction of sp³-hybridized carbons (Fsp3) is 0.111. The lowest BCUT2D eigenvalue weighted by atomic mass is 10.1. The van der Waals surface area contributed by atoms with Crippen molar-refractivity contribution in [3.05, 3.63) is 70.3 Å². The topological polar surface area (TPSA) is 41.1 Å². The summed E-state index contributed by atoms with van der Waals surface area (Å²) in [4.78, 5) is 11.9. The van der Waals surface area contributed by atoms with Crippen LogP contribution in [0.2, 0.25) is 5.02 Å². The molecule has 0 aliphatic heterocycles. The molecule has 2 aromatic carbocycles. The van der Waals surface area contributed by atoms with Gasteiger partial charge in [-0.1, -0.05) is 41.9 Å². The Morgan fingerprint density at radius 1 is 1.17 bits per heavy atom. The summed E-state index contributed by atoms with van der Waals surface area (Å²) in [5, 5.41) is 6.49. The molecular weight excluding hydrogens is 328 g/mol. The number of carbonyl (C=O) groups excluding carboxylic acids is 1. The molecule has 0 bridgehead atoms. The molecule has 0 saturated heterocycles. The Balaban J connectivity index is 1.96. The summed E-state index contributed by atoms with van der Waals surface area (Å²) >= 11 is 11.2. The van der Waals surface area contributed by atoms with Crippen molar-refractivity contribution in [1.29, 1.82) is 0 Å². The number of carbonyl (C=O) groups is 1. The molecule has 0 heterocycles. The molecule has 5 heteroatoms. The van der Waals surface area contributed by atoms with Gasteiger partial charge >= 0.3 is 0 Å². The normalized spacial score (nSPS) is 10.6. The molecule has 0 spiro atoms. The molecular formula is C18H17ClN2OS. The minimum absolute atomic E-state index is 0.257. The largest absolute Gasteiger partial charge is 0.332 e. The van der Waals surface area contributed by atoms with Crippen molar-refractivity contribution in [2.24, 2.45) is 0 Å². The quantitative estimate of drug-likeness (QED) is 0.637. The first-order valence-corrected chi connectivity index (χ1v) is 7.86. The Morgan fingerprint density at radius 3 is 2.65 bits per heavy atom. The summed E-state index contributed by atoms with van der Waals surface area (Å²) in [6, 6.07) is 13.3. The lowest BCUT2D eigenvalue weighted by molar-refractivity contribution is -0.115. The minimum atomic E-state index is -0.312. The van der Waals surface area contributed by atoms with Gasteiger partial charge in [0.25, 0.3) is 0 Å². The number of halogens is 1. The van der Waals surface area contributed by atoms with Crippen molar-refractivity contribution < 1.29 is 4.79 Å². The van der Waals surface area contributed by atoms with E-state index in [1.807, 2.05) is 50.2 Å². The number of benzene rings is 2. The number of aryl methyl sites for hydroxylation is 2. The Labute approximate surface area is 146 Å². The molecule has 23 heavy (non-hydrogen) atoms. The van der Waals surface area contributed by atoms with E-state index in [0.29, 0.717) is 5.02 Å². The molecule has 1 amide bonds. The molecule has 0 atom stereocenters. The van der Waals surface area contributed by atoms with Crippen LogP contribution in [0, 0.1) is 13.8 Å². The van der Waals surface area contributed by atoms with Crippen molar-refractivity contribution in [2.75, 3.05) is 5.32 Å². The van der Waals surface area contributed by atoms with Gasteiger partial charge in [0.1, 0.15) is 0 Å². The molecule has 2 N–H and O–H groups in total. The summed E-state index contributed by atoms with van der Waals surface area (Å²) in [5.74, 6) is -0.312. The van der Waals surface area contributed by atoms with Crippen LogP contribution in [0.5, 0.6) is 0 Å². The summed E-state index contributed by atoms with van der Waals surface area (Å²) < 4.78 is 0. The molecule has 0 radical (unpaired) electrons. The number of rotatable bonds is 3. The van der Waals surface area contributed by atoms with Crippen LogP contribution in [0.4, 0.5) is 5.69 Å². The monoisotopic (exact) mass is 344 g/mol. The number of nitrogens with one attached hydrogen (secondary N) is 2. The van der Waals surface area contributed by atoms with Crippen LogP contribution < -0.4 is 10.6 Å². The Kier molecular flexibility index (Phi) is 5.90. The molecule has 2 aromatic rings. The highest BCUT2D eigenvalue weighted by molar-refractivity contribution is 7.80. The zero-order valence-electron chi connectivity index (χ0n) is 12.9. The highest BCUT2D eigenvalue weighted by Gasteiger charge is 2.04. The van der Waals surface area contributed by atoms with E-state index < -0.39 is 0 Å². The molecule has 0 saturated carbocycles. The molecule has 0 aliphatic rings. The number of hydrogen-bond donors (Lipinski definition) is 2. The van der Waals surface area contributed by atoms with Crippen molar-refractivity contribution >= 4 is 46.6 Å². The van der Waals surface area contributed by atoms with E-state index >= 15 is 0 Å². The summed E-state index contributed by atoms with van der Waals surface area (Å²) in [6.45, 7) is 3.97. The summed E-state index contributed by atoms with van der Waals surface area (Å²) in [5.41, 5.74) is 3.83. The highest BCUT2D eigenvalue weighted by Crippen LogP contribution is 2.17. The number of amides is 1. The van der Waals surface area contributed by atoms with Gasteiger partial charge in [-0.2, -0.15) is 0 Å². The number of hydrogen-bond acceptors (Lipinski definition) is 2. The van der Waals surface area contributed by atoms with Gasteiger partial charge in [-0.25, -0.2) is 0 Å². The number of thiocarbonyl (C=S) groups is 1.